The van der Waals surface area contributed by atoms with Gasteiger partial charge in [0.15, 0.2) is 5.11 Å². The molecule has 0 aliphatic carbocycles. The molecular formula is C17H18N2O2S. The van der Waals surface area contributed by atoms with Gasteiger partial charge >= 0.3 is 0 Å². The molecule has 0 aliphatic heterocycles. The van der Waals surface area contributed by atoms with E-state index in [1.165, 1.54) is 7.11 Å². The molecular weight excluding hydrogens is 296 g/mol. The summed E-state index contributed by atoms with van der Waals surface area (Å²) in [5, 5.41) is 3.10. The van der Waals surface area contributed by atoms with Crippen LogP contribution in [-0.4, -0.2) is 30.1 Å². The minimum Gasteiger partial charge on any atom is -0.496 e. The van der Waals surface area contributed by atoms with Crippen LogP contribution < -0.4 is 10.1 Å². The van der Waals surface area contributed by atoms with Crippen LogP contribution in [0.25, 0.3) is 0 Å². The Labute approximate surface area is 135 Å². The number of hydrogen-bond donors (Lipinski definition) is 1. The van der Waals surface area contributed by atoms with Crippen LogP contribution in [0.15, 0.2) is 54.6 Å². The van der Waals surface area contributed by atoms with Crippen molar-refractivity contribution in [2.75, 3.05) is 14.2 Å². The van der Waals surface area contributed by atoms with E-state index in [1.54, 1.807) is 18.2 Å². The SMILES string of the molecule is COc1ccccc1C(=O)NC(=S)N(C)Cc1ccccc1. The number of para-hydroxylation sites is 1. The van der Waals surface area contributed by atoms with Crippen molar-refractivity contribution in [2.24, 2.45) is 0 Å². The number of carbonyl (C=O) groups excluding carboxylic acids is 1. The molecule has 0 atom stereocenters. The zero-order valence-corrected chi connectivity index (χ0v) is 13.4. The summed E-state index contributed by atoms with van der Waals surface area (Å²) >= 11 is 5.28. The number of ether oxygens (including phenoxy) is 1. The number of nitrogens with zero attached hydrogens (tertiary/aromatic N) is 1. The van der Waals surface area contributed by atoms with Crippen molar-refractivity contribution in [1.82, 2.24) is 10.2 Å². The normalized spacial score (nSPS) is 9.91. The molecule has 2 rings (SSSR count). The van der Waals surface area contributed by atoms with Crippen molar-refractivity contribution in [3.05, 3.63) is 65.7 Å². The second-order valence-corrected chi connectivity index (χ2v) is 5.19. The highest BCUT2D eigenvalue weighted by atomic mass is 32.1. The summed E-state index contributed by atoms with van der Waals surface area (Å²) in [6.45, 7) is 0.631. The van der Waals surface area contributed by atoms with E-state index in [-0.39, 0.29) is 5.91 Å². The van der Waals surface area contributed by atoms with E-state index in [1.807, 2.05) is 48.3 Å². The maximum absolute atomic E-state index is 12.3. The van der Waals surface area contributed by atoms with Gasteiger partial charge in [0.2, 0.25) is 0 Å². The molecule has 0 fully saturated rings. The van der Waals surface area contributed by atoms with E-state index < -0.39 is 0 Å². The summed E-state index contributed by atoms with van der Waals surface area (Å²) in [5.74, 6) is 0.246. The number of thiocarbonyl (C=S) groups is 1. The average molecular weight is 314 g/mol. The van der Waals surface area contributed by atoms with E-state index >= 15 is 0 Å². The number of nitrogens with one attached hydrogen (secondary N) is 1. The van der Waals surface area contributed by atoms with Crippen LogP contribution in [-0.2, 0) is 6.54 Å². The summed E-state index contributed by atoms with van der Waals surface area (Å²) in [7, 11) is 3.38. The van der Waals surface area contributed by atoms with Crippen LogP contribution in [0, 0.1) is 0 Å². The highest BCUT2D eigenvalue weighted by Gasteiger charge is 2.14. The molecule has 0 spiro atoms. The van der Waals surface area contributed by atoms with Gasteiger partial charge in [0.1, 0.15) is 5.75 Å². The molecule has 0 radical (unpaired) electrons. The molecule has 0 aliphatic rings. The molecule has 1 N–H and O–H groups in total. The Balaban J connectivity index is 2.00. The molecule has 5 heteroatoms. The number of carbonyl (C=O) groups is 1. The monoisotopic (exact) mass is 314 g/mol. The van der Waals surface area contributed by atoms with Crippen LogP contribution in [0.2, 0.25) is 0 Å². The Kier molecular flexibility index (Phi) is 5.49. The smallest absolute Gasteiger partial charge is 0.261 e. The summed E-state index contributed by atoms with van der Waals surface area (Å²) in [4.78, 5) is 14.1. The van der Waals surface area contributed by atoms with Gasteiger partial charge in [0, 0.05) is 13.6 Å². The van der Waals surface area contributed by atoms with Crippen molar-refractivity contribution >= 4 is 23.2 Å². The van der Waals surface area contributed by atoms with Gasteiger partial charge < -0.3 is 9.64 Å². The summed E-state index contributed by atoms with van der Waals surface area (Å²) in [6, 6.07) is 17.0. The quantitative estimate of drug-likeness (QED) is 0.881. The summed E-state index contributed by atoms with van der Waals surface area (Å²) in [6.07, 6.45) is 0. The van der Waals surface area contributed by atoms with E-state index in [0.717, 1.165) is 5.56 Å². The minimum atomic E-state index is -0.276. The maximum atomic E-state index is 12.3. The largest absolute Gasteiger partial charge is 0.496 e. The Morgan fingerprint density at radius 2 is 1.77 bits per heavy atom. The summed E-state index contributed by atoms with van der Waals surface area (Å²) < 4.78 is 5.19. The zero-order valence-electron chi connectivity index (χ0n) is 12.6. The van der Waals surface area contributed by atoms with Gasteiger partial charge in [0.05, 0.1) is 12.7 Å². The molecule has 0 aromatic heterocycles. The number of hydrogen-bond acceptors (Lipinski definition) is 3. The number of rotatable bonds is 4. The second-order valence-electron chi connectivity index (χ2n) is 4.80. The minimum absolute atomic E-state index is 0.276. The van der Waals surface area contributed by atoms with Crippen LogP contribution in [0.1, 0.15) is 15.9 Å². The lowest BCUT2D eigenvalue weighted by molar-refractivity contribution is 0.0970. The molecule has 0 bridgehead atoms. The molecule has 2 aromatic carbocycles. The molecule has 0 unspecified atom stereocenters. The van der Waals surface area contributed by atoms with Crippen LogP contribution in [0.5, 0.6) is 5.75 Å². The van der Waals surface area contributed by atoms with Gasteiger partial charge in [-0.1, -0.05) is 42.5 Å². The molecule has 1 amide bonds. The van der Waals surface area contributed by atoms with E-state index in [4.69, 9.17) is 17.0 Å². The van der Waals surface area contributed by atoms with E-state index in [9.17, 15) is 4.79 Å². The van der Waals surface area contributed by atoms with E-state index in [2.05, 4.69) is 5.32 Å². The Bertz CT molecular complexity index is 659. The third-order valence-corrected chi connectivity index (χ3v) is 3.60. The van der Waals surface area contributed by atoms with Crippen molar-refractivity contribution in [1.29, 1.82) is 0 Å². The zero-order chi connectivity index (χ0) is 15.9. The first-order chi connectivity index (χ1) is 10.6. The van der Waals surface area contributed by atoms with Gasteiger partial charge in [-0.3, -0.25) is 10.1 Å². The predicted octanol–water partition coefficient (Wildman–Crippen LogP) is 2.84. The van der Waals surface area contributed by atoms with Crippen LogP contribution in [0.4, 0.5) is 0 Å². The summed E-state index contributed by atoms with van der Waals surface area (Å²) in [5.41, 5.74) is 1.58. The van der Waals surface area contributed by atoms with Crippen molar-refractivity contribution in [2.45, 2.75) is 6.54 Å². The molecule has 22 heavy (non-hydrogen) atoms. The van der Waals surface area contributed by atoms with Crippen molar-refractivity contribution in [3.63, 3.8) is 0 Å². The Morgan fingerprint density at radius 3 is 2.45 bits per heavy atom. The van der Waals surface area contributed by atoms with Gasteiger partial charge in [-0.15, -0.1) is 0 Å². The first kappa shape index (κ1) is 16.0. The van der Waals surface area contributed by atoms with E-state index in [0.29, 0.717) is 23.0 Å². The number of methoxy groups -OCH3 is 1. The fraction of sp³-hybridized carbons (Fsp3) is 0.176. The molecule has 0 heterocycles. The van der Waals surface area contributed by atoms with Crippen molar-refractivity contribution < 1.29 is 9.53 Å². The highest BCUT2D eigenvalue weighted by molar-refractivity contribution is 7.80. The number of benzene rings is 2. The fourth-order valence-electron chi connectivity index (χ4n) is 2.02. The molecule has 0 saturated heterocycles. The molecule has 2 aromatic rings. The lowest BCUT2D eigenvalue weighted by Gasteiger charge is -2.20. The lowest BCUT2D eigenvalue weighted by Crippen LogP contribution is -2.40. The second kappa shape index (κ2) is 7.56. The van der Waals surface area contributed by atoms with Gasteiger partial charge in [0.25, 0.3) is 5.91 Å². The van der Waals surface area contributed by atoms with Crippen LogP contribution in [0.3, 0.4) is 0 Å². The predicted molar refractivity (Wildman–Crippen MR) is 91.0 cm³/mol. The third kappa shape index (κ3) is 4.05. The first-order valence-corrected chi connectivity index (χ1v) is 7.26. The highest BCUT2D eigenvalue weighted by Crippen LogP contribution is 2.17. The molecule has 114 valence electrons. The number of amides is 1. The Hall–Kier alpha value is -2.40. The van der Waals surface area contributed by atoms with Gasteiger partial charge in [-0.2, -0.15) is 0 Å². The van der Waals surface area contributed by atoms with Crippen LogP contribution >= 0.6 is 12.2 Å². The standard InChI is InChI=1S/C17H18N2O2S/c1-19(12-13-8-4-3-5-9-13)17(22)18-16(20)14-10-6-7-11-15(14)21-2/h3-11H,12H2,1-2H3,(H,18,20,22). The van der Waals surface area contributed by atoms with Crippen molar-refractivity contribution in [3.8, 4) is 5.75 Å². The lowest BCUT2D eigenvalue weighted by atomic mass is 10.2. The van der Waals surface area contributed by atoms with Gasteiger partial charge in [-0.05, 0) is 29.9 Å². The average Bonchev–Trinajstić information content (AvgIpc) is 2.55. The third-order valence-electron chi connectivity index (χ3n) is 3.18. The molecule has 0 saturated carbocycles. The first-order valence-electron chi connectivity index (χ1n) is 6.85. The Morgan fingerprint density at radius 1 is 1.14 bits per heavy atom. The topological polar surface area (TPSA) is 41.6 Å². The molecule has 4 nitrogen and oxygen atoms in total. The fourth-order valence-corrected chi connectivity index (χ4v) is 2.18. The van der Waals surface area contributed by atoms with Gasteiger partial charge in [-0.25, -0.2) is 0 Å². The maximum Gasteiger partial charge on any atom is 0.261 e.